The smallest absolute Gasteiger partial charge is 0.321 e. The van der Waals surface area contributed by atoms with Gasteiger partial charge in [-0.05, 0) is 39.7 Å². The summed E-state index contributed by atoms with van der Waals surface area (Å²) in [5.41, 5.74) is 0.853. The van der Waals surface area contributed by atoms with Gasteiger partial charge in [0.1, 0.15) is 11.4 Å². The largest absolute Gasteiger partial charge is 0.382 e. The molecule has 1 aliphatic heterocycles. The fourth-order valence-corrected chi connectivity index (χ4v) is 3.62. The number of halogens is 1. The van der Waals surface area contributed by atoms with Crippen molar-refractivity contribution < 1.29 is 19.0 Å². The van der Waals surface area contributed by atoms with E-state index in [0.29, 0.717) is 41.7 Å². The minimum atomic E-state index is -1.20. The Labute approximate surface area is 192 Å². The van der Waals surface area contributed by atoms with Gasteiger partial charge in [0.25, 0.3) is 0 Å². The molecule has 10 heteroatoms. The zero-order valence-electron chi connectivity index (χ0n) is 19.6. The lowest BCUT2D eigenvalue weighted by Gasteiger charge is -2.16. The van der Waals surface area contributed by atoms with Crippen molar-refractivity contribution >= 4 is 23.0 Å². The molecule has 0 unspecified atom stereocenters. The third-order valence-corrected chi connectivity index (χ3v) is 5.08. The molecule has 0 bridgehead atoms. The molecule has 0 saturated carbocycles. The number of nitrogens with one attached hydrogen (secondary N) is 3. The number of rotatable bonds is 5. The maximum atomic E-state index is 15.7. The highest BCUT2D eigenvalue weighted by Crippen LogP contribution is 2.39. The molecule has 1 fully saturated rings. The normalized spacial score (nSPS) is 15.8. The Bertz CT molecular complexity index is 1100. The molecular weight excluding hydrogens is 427 g/mol. The molecule has 4 N–H and O–H groups in total. The standard InChI is InChI=1S/C21H25FN6O3.C2H6/c1-4-23-20(29)28-19-26-13-8-12(11-9-24-18(25-10-11)21(2,3)30)16(22)15(17(13)27-19)14-6-5-7-31-14;1-2/h8-10,14,30H,4-7H2,1-3H3,(H3,23,26,27,28,29);1-2H3/t14-;/m1./s1. The molecule has 0 spiro atoms. The number of hydrogen-bond acceptors (Lipinski definition) is 6. The predicted octanol–water partition coefficient (Wildman–Crippen LogP) is 4.41. The highest BCUT2D eigenvalue weighted by molar-refractivity contribution is 5.92. The van der Waals surface area contributed by atoms with Crippen molar-refractivity contribution in [1.82, 2.24) is 25.3 Å². The third-order valence-electron chi connectivity index (χ3n) is 5.08. The summed E-state index contributed by atoms with van der Waals surface area (Å²) < 4.78 is 21.5. The second-order valence-electron chi connectivity index (χ2n) is 7.97. The van der Waals surface area contributed by atoms with E-state index in [0.717, 1.165) is 6.42 Å². The van der Waals surface area contributed by atoms with Gasteiger partial charge in [0.15, 0.2) is 5.82 Å². The van der Waals surface area contributed by atoms with Gasteiger partial charge in [0, 0.05) is 42.2 Å². The summed E-state index contributed by atoms with van der Waals surface area (Å²) >= 11 is 0. The van der Waals surface area contributed by atoms with E-state index in [-0.39, 0.29) is 17.3 Å². The first-order chi connectivity index (χ1) is 15.8. The Morgan fingerprint density at radius 1 is 1.33 bits per heavy atom. The lowest BCUT2D eigenvalue weighted by molar-refractivity contribution is 0.0687. The molecule has 9 nitrogen and oxygen atoms in total. The van der Waals surface area contributed by atoms with Gasteiger partial charge < -0.3 is 20.1 Å². The predicted molar refractivity (Wildman–Crippen MR) is 124 cm³/mol. The van der Waals surface area contributed by atoms with Gasteiger partial charge in [0.2, 0.25) is 5.95 Å². The molecule has 1 aromatic carbocycles. The van der Waals surface area contributed by atoms with E-state index < -0.39 is 23.6 Å². The van der Waals surface area contributed by atoms with E-state index in [9.17, 15) is 9.90 Å². The fraction of sp³-hybridized carbons (Fsp3) is 0.478. The number of fused-ring (bicyclic) bond motifs is 1. The topological polar surface area (TPSA) is 125 Å². The number of H-pyrrole nitrogens is 1. The summed E-state index contributed by atoms with van der Waals surface area (Å²) in [4.78, 5) is 27.7. The van der Waals surface area contributed by atoms with Crippen LogP contribution in [0.15, 0.2) is 18.5 Å². The number of amides is 2. The van der Waals surface area contributed by atoms with E-state index in [1.165, 1.54) is 12.4 Å². The van der Waals surface area contributed by atoms with Gasteiger partial charge in [-0.1, -0.05) is 13.8 Å². The number of carbonyl (C=O) groups is 1. The molecule has 4 rings (SSSR count). The third kappa shape index (κ3) is 5.28. The van der Waals surface area contributed by atoms with Crippen LogP contribution in [0.4, 0.5) is 15.1 Å². The lowest BCUT2D eigenvalue weighted by Crippen LogP contribution is -2.28. The number of urea groups is 1. The molecular formula is C23H31FN6O3. The number of benzene rings is 1. The van der Waals surface area contributed by atoms with Crippen LogP contribution in [0, 0.1) is 5.82 Å². The van der Waals surface area contributed by atoms with Gasteiger partial charge in [-0.25, -0.2) is 24.1 Å². The van der Waals surface area contributed by atoms with Crippen molar-refractivity contribution in [3.8, 4) is 11.1 Å². The van der Waals surface area contributed by atoms with Crippen molar-refractivity contribution in [3.63, 3.8) is 0 Å². The molecule has 1 aliphatic rings. The van der Waals surface area contributed by atoms with E-state index >= 15 is 4.39 Å². The number of aromatic amines is 1. The molecule has 1 atom stereocenters. The first kappa shape index (κ1) is 24.5. The van der Waals surface area contributed by atoms with Crippen LogP contribution in [0.5, 0.6) is 0 Å². The molecule has 2 amide bonds. The fourth-order valence-electron chi connectivity index (χ4n) is 3.62. The Balaban J connectivity index is 0.00000149. The molecule has 178 valence electrons. The van der Waals surface area contributed by atoms with Crippen LogP contribution in [0.2, 0.25) is 0 Å². The maximum Gasteiger partial charge on any atom is 0.321 e. The van der Waals surface area contributed by atoms with Crippen LogP contribution in [0.3, 0.4) is 0 Å². The molecule has 33 heavy (non-hydrogen) atoms. The van der Waals surface area contributed by atoms with Gasteiger partial charge in [-0.3, -0.25) is 5.32 Å². The zero-order valence-corrected chi connectivity index (χ0v) is 19.6. The van der Waals surface area contributed by atoms with Crippen LogP contribution in [-0.4, -0.2) is 44.2 Å². The van der Waals surface area contributed by atoms with Crippen LogP contribution in [-0.2, 0) is 10.3 Å². The maximum absolute atomic E-state index is 15.7. The number of imidazole rings is 1. The molecule has 2 aromatic heterocycles. The van der Waals surface area contributed by atoms with E-state index in [1.54, 1.807) is 26.8 Å². The van der Waals surface area contributed by atoms with Crippen LogP contribution < -0.4 is 10.6 Å². The van der Waals surface area contributed by atoms with Crippen molar-refractivity contribution in [3.05, 3.63) is 35.7 Å². The quantitative estimate of drug-likeness (QED) is 0.449. The number of carbonyl (C=O) groups excluding carboxylic acids is 1. The highest BCUT2D eigenvalue weighted by Gasteiger charge is 2.28. The van der Waals surface area contributed by atoms with Crippen LogP contribution in [0.1, 0.15) is 65.0 Å². The van der Waals surface area contributed by atoms with E-state index in [1.807, 2.05) is 13.8 Å². The van der Waals surface area contributed by atoms with Gasteiger partial charge in [-0.2, -0.15) is 0 Å². The second kappa shape index (κ2) is 10.2. The Morgan fingerprint density at radius 3 is 2.61 bits per heavy atom. The van der Waals surface area contributed by atoms with Crippen LogP contribution >= 0.6 is 0 Å². The number of aliphatic hydroxyl groups is 1. The minimum absolute atomic E-state index is 0.213. The van der Waals surface area contributed by atoms with Gasteiger partial charge in [0.05, 0.1) is 17.1 Å². The molecule has 0 aliphatic carbocycles. The first-order valence-electron chi connectivity index (χ1n) is 11.2. The summed E-state index contributed by atoms with van der Waals surface area (Å²) in [7, 11) is 0. The zero-order chi connectivity index (χ0) is 24.2. The molecule has 3 aromatic rings. The Morgan fingerprint density at radius 2 is 2.03 bits per heavy atom. The Kier molecular flexibility index (Phi) is 7.60. The average molecular weight is 459 g/mol. The summed E-state index contributed by atoms with van der Waals surface area (Å²) in [6.45, 7) is 9.98. The number of aromatic nitrogens is 4. The van der Waals surface area contributed by atoms with E-state index in [4.69, 9.17) is 4.74 Å². The number of nitrogens with zero attached hydrogens (tertiary/aromatic N) is 3. The molecule has 1 saturated heterocycles. The summed E-state index contributed by atoms with van der Waals surface area (Å²) in [5.74, 6) is -0.00695. The molecule has 3 heterocycles. The first-order valence-corrected chi connectivity index (χ1v) is 11.2. The van der Waals surface area contributed by atoms with Gasteiger partial charge >= 0.3 is 6.03 Å². The lowest BCUT2D eigenvalue weighted by atomic mass is 9.98. The number of hydrogen-bond donors (Lipinski definition) is 4. The van der Waals surface area contributed by atoms with E-state index in [2.05, 4.69) is 30.6 Å². The second-order valence-corrected chi connectivity index (χ2v) is 7.97. The summed E-state index contributed by atoms with van der Waals surface area (Å²) in [5, 5.41) is 15.3. The highest BCUT2D eigenvalue weighted by atomic mass is 19.1. The number of anilines is 1. The van der Waals surface area contributed by atoms with Crippen molar-refractivity contribution in [2.45, 2.75) is 59.2 Å². The summed E-state index contributed by atoms with van der Waals surface area (Å²) in [6.07, 6.45) is 4.03. The van der Waals surface area contributed by atoms with Crippen molar-refractivity contribution in [2.24, 2.45) is 0 Å². The SMILES string of the molecule is CC.CCNC(=O)Nc1nc2c([C@H]3CCCO3)c(F)c(-c3cnc(C(C)(C)O)nc3)cc2[nH]1. The monoisotopic (exact) mass is 458 g/mol. The Hall–Kier alpha value is -3.11. The average Bonchev–Trinajstić information content (AvgIpc) is 3.44. The van der Waals surface area contributed by atoms with Gasteiger partial charge in [-0.15, -0.1) is 0 Å². The van der Waals surface area contributed by atoms with Crippen molar-refractivity contribution in [2.75, 3.05) is 18.5 Å². The molecule has 0 radical (unpaired) electrons. The minimum Gasteiger partial charge on any atom is -0.382 e. The summed E-state index contributed by atoms with van der Waals surface area (Å²) in [6, 6.07) is 1.21. The van der Waals surface area contributed by atoms with Crippen LogP contribution in [0.25, 0.3) is 22.2 Å². The number of ether oxygens (including phenoxy) is 1. The van der Waals surface area contributed by atoms with Crippen molar-refractivity contribution in [1.29, 1.82) is 0 Å².